The van der Waals surface area contributed by atoms with Gasteiger partial charge in [-0.15, -0.1) is 0 Å². The molecule has 0 aliphatic rings. The molecule has 0 radical (unpaired) electrons. The third-order valence-corrected chi connectivity index (χ3v) is 2.33. The van der Waals surface area contributed by atoms with Crippen molar-refractivity contribution in [2.45, 2.75) is 0 Å². The fourth-order valence-electron chi connectivity index (χ4n) is 1.40. The van der Waals surface area contributed by atoms with E-state index in [-0.39, 0.29) is 0 Å². The summed E-state index contributed by atoms with van der Waals surface area (Å²) in [6.07, 6.45) is 0.744. The molecule has 5 heteroatoms. The predicted molar refractivity (Wildman–Crippen MR) is 65.1 cm³/mol. The number of methoxy groups -OCH3 is 1. The van der Waals surface area contributed by atoms with Gasteiger partial charge in [0, 0.05) is 18.8 Å². The van der Waals surface area contributed by atoms with Crippen LogP contribution in [0, 0.1) is 0 Å². The first-order chi connectivity index (χ1) is 8.22. The number of benzene rings is 1. The first kappa shape index (κ1) is 13.2. The number of esters is 1. The minimum atomic E-state index is -0.411. The number of hydrogen-bond acceptors (Lipinski definition) is 4. The van der Waals surface area contributed by atoms with Gasteiger partial charge in [-0.2, -0.15) is 0 Å². The maximum absolute atomic E-state index is 11.3. The molecule has 1 aromatic rings. The highest BCUT2D eigenvalue weighted by molar-refractivity contribution is 5.91. The number of rotatable bonds is 6. The summed E-state index contributed by atoms with van der Waals surface area (Å²) < 4.78 is 4.63. The van der Waals surface area contributed by atoms with Gasteiger partial charge < -0.3 is 15.0 Å². The Morgan fingerprint density at radius 1 is 1.53 bits per heavy atom. The summed E-state index contributed by atoms with van der Waals surface area (Å²) in [5.74, 6) is -0.411. The molecule has 0 fully saturated rings. The van der Waals surface area contributed by atoms with Gasteiger partial charge in [-0.05, 0) is 25.2 Å². The maximum atomic E-state index is 11.3. The lowest BCUT2D eigenvalue weighted by atomic mass is 10.2. The van der Waals surface area contributed by atoms with Crippen molar-refractivity contribution >= 4 is 18.1 Å². The Morgan fingerprint density at radius 2 is 2.29 bits per heavy atom. The largest absolute Gasteiger partial charge is 0.465 e. The van der Waals surface area contributed by atoms with Crippen LogP contribution in [0.5, 0.6) is 0 Å². The highest BCUT2D eigenvalue weighted by atomic mass is 16.5. The number of carbonyl (C=O) groups is 2. The SMILES string of the molecule is CNCCN(C=O)c1cccc(C(=O)OC)c1. The first-order valence-corrected chi connectivity index (χ1v) is 5.28. The summed E-state index contributed by atoms with van der Waals surface area (Å²) in [6.45, 7) is 1.23. The zero-order chi connectivity index (χ0) is 12.7. The number of nitrogens with one attached hydrogen (secondary N) is 1. The molecule has 0 aliphatic heterocycles. The van der Waals surface area contributed by atoms with Crippen LogP contribution in [0.1, 0.15) is 10.4 Å². The predicted octanol–water partition coefficient (Wildman–Crippen LogP) is 0.655. The second-order valence-electron chi connectivity index (χ2n) is 3.44. The van der Waals surface area contributed by atoms with Crippen molar-refractivity contribution in [1.29, 1.82) is 0 Å². The number of ether oxygens (including phenoxy) is 1. The Balaban J connectivity index is 2.88. The lowest BCUT2D eigenvalue weighted by Gasteiger charge is -2.17. The van der Waals surface area contributed by atoms with Gasteiger partial charge in [0.1, 0.15) is 0 Å². The standard InChI is InChI=1S/C12H16N2O3/c1-13-6-7-14(9-15)11-5-3-4-10(8-11)12(16)17-2/h3-5,8-9,13H,6-7H2,1-2H3. The molecule has 1 N–H and O–H groups in total. The summed E-state index contributed by atoms with van der Waals surface area (Å²) in [5.41, 5.74) is 1.11. The fraction of sp³-hybridized carbons (Fsp3) is 0.333. The lowest BCUT2D eigenvalue weighted by molar-refractivity contribution is -0.107. The summed E-state index contributed by atoms with van der Waals surface area (Å²) >= 11 is 0. The monoisotopic (exact) mass is 236 g/mol. The number of nitrogens with zero attached hydrogens (tertiary/aromatic N) is 1. The average Bonchev–Trinajstić information content (AvgIpc) is 2.39. The third kappa shape index (κ3) is 3.57. The van der Waals surface area contributed by atoms with Crippen LogP contribution in [0.3, 0.4) is 0 Å². The number of amides is 1. The lowest BCUT2D eigenvalue weighted by Crippen LogP contribution is -2.29. The van der Waals surface area contributed by atoms with E-state index >= 15 is 0 Å². The molecule has 17 heavy (non-hydrogen) atoms. The van der Waals surface area contributed by atoms with Crippen molar-refractivity contribution in [1.82, 2.24) is 5.32 Å². The Hall–Kier alpha value is -1.88. The maximum Gasteiger partial charge on any atom is 0.337 e. The summed E-state index contributed by atoms with van der Waals surface area (Å²) in [5, 5.41) is 2.96. The van der Waals surface area contributed by atoms with Crippen LogP contribution in [0.2, 0.25) is 0 Å². The molecule has 1 amide bonds. The quantitative estimate of drug-likeness (QED) is 0.582. The van der Waals surface area contributed by atoms with Gasteiger partial charge in [0.05, 0.1) is 12.7 Å². The van der Waals surface area contributed by atoms with Crippen LogP contribution >= 0.6 is 0 Å². The van der Waals surface area contributed by atoms with Gasteiger partial charge in [0.25, 0.3) is 0 Å². The molecule has 1 aromatic carbocycles. The Bertz CT molecular complexity index is 393. The second-order valence-corrected chi connectivity index (χ2v) is 3.44. The highest BCUT2D eigenvalue weighted by Gasteiger charge is 2.09. The number of likely N-dealkylation sites (N-methyl/N-ethyl adjacent to an activating group) is 1. The Morgan fingerprint density at radius 3 is 2.88 bits per heavy atom. The highest BCUT2D eigenvalue weighted by Crippen LogP contribution is 2.15. The van der Waals surface area contributed by atoms with Gasteiger partial charge >= 0.3 is 5.97 Å². The molecule has 0 saturated carbocycles. The van der Waals surface area contributed by atoms with Gasteiger partial charge in [0.2, 0.25) is 6.41 Å². The van der Waals surface area contributed by atoms with E-state index in [0.717, 1.165) is 6.41 Å². The fourth-order valence-corrected chi connectivity index (χ4v) is 1.40. The van der Waals surface area contributed by atoms with Crippen molar-refractivity contribution in [3.8, 4) is 0 Å². The van der Waals surface area contributed by atoms with Gasteiger partial charge in [0.15, 0.2) is 0 Å². The van der Waals surface area contributed by atoms with Crippen molar-refractivity contribution < 1.29 is 14.3 Å². The van der Waals surface area contributed by atoms with Crippen LogP contribution in [0.4, 0.5) is 5.69 Å². The van der Waals surface area contributed by atoms with Crippen LogP contribution in [0.15, 0.2) is 24.3 Å². The normalized spacial score (nSPS) is 9.76. The van der Waals surface area contributed by atoms with E-state index in [9.17, 15) is 9.59 Å². The third-order valence-electron chi connectivity index (χ3n) is 2.33. The number of hydrogen-bond donors (Lipinski definition) is 1. The minimum Gasteiger partial charge on any atom is -0.465 e. The van der Waals surface area contributed by atoms with Crippen LogP contribution in [-0.2, 0) is 9.53 Å². The molecular formula is C12H16N2O3. The van der Waals surface area contributed by atoms with E-state index in [1.807, 2.05) is 7.05 Å². The van der Waals surface area contributed by atoms with Crippen molar-refractivity contribution in [3.05, 3.63) is 29.8 Å². The van der Waals surface area contributed by atoms with Crippen molar-refractivity contribution in [3.63, 3.8) is 0 Å². The molecule has 0 aliphatic carbocycles. The summed E-state index contributed by atoms with van der Waals surface area (Å²) in [4.78, 5) is 23.8. The van der Waals surface area contributed by atoms with E-state index in [0.29, 0.717) is 24.3 Å². The molecule has 1 rings (SSSR count). The van der Waals surface area contributed by atoms with E-state index in [2.05, 4.69) is 10.1 Å². The number of carbonyl (C=O) groups excluding carboxylic acids is 2. The summed E-state index contributed by atoms with van der Waals surface area (Å²) in [7, 11) is 3.14. The first-order valence-electron chi connectivity index (χ1n) is 5.28. The molecule has 0 unspecified atom stereocenters. The van der Waals surface area contributed by atoms with E-state index in [1.54, 1.807) is 24.3 Å². The molecular weight excluding hydrogens is 220 g/mol. The van der Waals surface area contributed by atoms with E-state index in [4.69, 9.17) is 0 Å². The van der Waals surface area contributed by atoms with E-state index in [1.165, 1.54) is 12.0 Å². The average molecular weight is 236 g/mol. The van der Waals surface area contributed by atoms with Gasteiger partial charge in [-0.25, -0.2) is 4.79 Å². The molecule has 0 spiro atoms. The van der Waals surface area contributed by atoms with Crippen molar-refractivity contribution in [2.24, 2.45) is 0 Å². The molecule has 0 bridgehead atoms. The minimum absolute atomic E-state index is 0.411. The smallest absolute Gasteiger partial charge is 0.337 e. The van der Waals surface area contributed by atoms with Crippen LogP contribution in [-0.4, -0.2) is 39.6 Å². The zero-order valence-corrected chi connectivity index (χ0v) is 9.97. The van der Waals surface area contributed by atoms with E-state index < -0.39 is 5.97 Å². The molecule has 0 heterocycles. The Labute approximate surface area is 100 Å². The summed E-state index contributed by atoms with van der Waals surface area (Å²) in [6, 6.07) is 6.78. The molecule has 5 nitrogen and oxygen atoms in total. The zero-order valence-electron chi connectivity index (χ0n) is 9.97. The van der Waals surface area contributed by atoms with Gasteiger partial charge in [-0.1, -0.05) is 6.07 Å². The molecule has 92 valence electrons. The van der Waals surface area contributed by atoms with Crippen LogP contribution in [0.25, 0.3) is 0 Å². The van der Waals surface area contributed by atoms with Crippen molar-refractivity contribution in [2.75, 3.05) is 32.1 Å². The number of anilines is 1. The van der Waals surface area contributed by atoms with Gasteiger partial charge in [-0.3, -0.25) is 4.79 Å². The molecule has 0 aromatic heterocycles. The molecule has 0 saturated heterocycles. The second kappa shape index (κ2) is 6.65. The molecule has 0 atom stereocenters. The topological polar surface area (TPSA) is 58.6 Å². The Kier molecular flexibility index (Phi) is 5.16. The van der Waals surface area contributed by atoms with Crippen LogP contribution < -0.4 is 10.2 Å².